The number of benzene rings is 3. The van der Waals surface area contributed by atoms with Gasteiger partial charge in [-0.15, -0.1) is 27.7 Å². The summed E-state index contributed by atoms with van der Waals surface area (Å²) in [6, 6.07) is 18.7. The van der Waals surface area contributed by atoms with E-state index in [-0.39, 0.29) is 12.8 Å². The molecule has 0 saturated carbocycles. The number of carbonyl (C=O) groups is 4. The maximum atomic E-state index is 12.3. The number of amides is 2. The van der Waals surface area contributed by atoms with Gasteiger partial charge in [-0.25, -0.2) is 4.79 Å². The van der Waals surface area contributed by atoms with Crippen LogP contribution in [0.15, 0.2) is 54.6 Å². The van der Waals surface area contributed by atoms with Gasteiger partial charge in [0.15, 0.2) is 0 Å². The lowest BCUT2D eigenvalue weighted by Gasteiger charge is -2.15. The van der Waals surface area contributed by atoms with E-state index in [2.05, 4.69) is 36.4 Å². The van der Waals surface area contributed by atoms with E-state index in [9.17, 15) is 19.2 Å². The molecule has 3 heterocycles. The van der Waals surface area contributed by atoms with Crippen molar-refractivity contribution in [3.05, 3.63) is 60.2 Å². The molecule has 0 spiro atoms. The van der Waals surface area contributed by atoms with Gasteiger partial charge in [0.05, 0.1) is 9.40 Å². The summed E-state index contributed by atoms with van der Waals surface area (Å²) in [4.78, 5) is 52.1. The molecule has 7 nitrogen and oxygen atoms in total. The summed E-state index contributed by atoms with van der Waals surface area (Å²) < 4.78 is 10.5. The Morgan fingerprint density at radius 3 is 2.39 bits per heavy atom. The zero-order valence-electron chi connectivity index (χ0n) is 19.1. The second-order valence-electron chi connectivity index (χ2n) is 8.67. The van der Waals surface area contributed by atoms with Crippen molar-refractivity contribution >= 4 is 86.8 Å². The number of hydroxylamine groups is 2. The van der Waals surface area contributed by atoms with E-state index in [0.29, 0.717) is 5.06 Å². The number of hydrogen-bond donors (Lipinski definition) is 0. The Morgan fingerprint density at radius 1 is 0.861 bits per heavy atom. The summed E-state index contributed by atoms with van der Waals surface area (Å²) in [5.74, 6) is -3.01. The lowest BCUT2D eigenvalue weighted by Crippen LogP contribution is -2.33. The molecule has 3 aromatic carbocycles. The molecular weight excluding hydrogens is 498 g/mol. The van der Waals surface area contributed by atoms with Crippen LogP contribution >= 0.6 is 22.7 Å². The second-order valence-corrected chi connectivity index (χ2v) is 10.8. The molecule has 1 atom stereocenters. The number of thiophene rings is 2. The van der Waals surface area contributed by atoms with E-state index in [0.717, 1.165) is 16.3 Å². The Hall–Kier alpha value is -3.82. The summed E-state index contributed by atoms with van der Waals surface area (Å²) >= 11 is 3.59. The van der Waals surface area contributed by atoms with Gasteiger partial charge in [-0.05, 0) is 47.5 Å². The predicted octanol–water partition coefficient (Wildman–Crippen LogP) is 6.02. The zero-order chi connectivity index (χ0) is 25.0. The van der Waals surface area contributed by atoms with Crippen molar-refractivity contribution in [1.29, 1.82) is 0 Å². The number of rotatable bonds is 5. The van der Waals surface area contributed by atoms with Crippen LogP contribution in [-0.4, -0.2) is 28.8 Å². The molecule has 2 aromatic heterocycles. The molecule has 1 saturated heterocycles. The molecule has 1 fully saturated rings. The van der Waals surface area contributed by atoms with Crippen LogP contribution in [-0.2, 0) is 28.8 Å². The first kappa shape index (κ1) is 22.6. The van der Waals surface area contributed by atoms with Crippen molar-refractivity contribution < 1.29 is 28.8 Å². The van der Waals surface area contributed by atoms with Crippen LogP contribution < -0.4 is 0 Å². The number of esters is 1. The Kier molecular flexibility index (Phi) is 5.46. The highest BCUT2D eigenvalue weighted by atomic mass is 32.1. The highest BCUT2D eigenvalue weighted by molar-refractivity contribution is 7.36. The van der Waals surface area contributed by atoms with Gasteiger partial charge in [-0.3, -0.25) is 14.4 Å². The van der Waals surface area contributed by atoms with Crippen LogP contribution in [0.5, 0.6) is 0 Å². The molecule has 2 amide bonds. The highest BCUT2D eigenvalue weighted by Gasteiger charge is 2.33. The maximum Gasteiger partial charge on any atom is 0.344 e. The minimum atomic E-state index is -1.01. The normalized spacial score (nSPS) is 14.9. The third kappa shape index (κ3) is 3.90. The van der Waals surface area contributed by atoms with Crippen molar-refractivity contribution in [3.8, 4) is 0 Å². The van der Waals surface area contributed by atoms with Crippen molar-refractivity contribution in [2.75, 3.05) is 0 Å². The predicted molar refractivity (Wildman–Crippen MR) is 139 cm³/mol. The average Bonchev–Trinajstić information content (AvgIpc) is 3.49. The minimum absolute atomic E-state index is 0.0118. The number of imide groups is 1. The Balaban J connectivity index is 1.20. The minimum Gasteiger partial charge on any atom is -0.457 e. The van der Waals surface area contributed by atoms with Gasteiger partial charge < -0.3 is 9.57 Å². The van der Waals surface area contributed by atoms with Crippen molar-refractivity contribution in [1.82, 2.24) is 5.06 Å². The Morgan fingerprint density at radius 2 is 1.58 bits per heavy atom. The largest absolute Gasteiger partial charge is 0.457 e. The molecular formula is C27H19NO6S2. The standard InChI is InChI=1S/C27H19NO6S2/c1-14(33-24(31)13-25(32)34-28-22(29)8-9-23(28)30)15-6-7-16-11-19-21(12-17(16)10-15)36-26-18-4-2-3-5-20(18)35-27(19)26/h2-7,10-12,14H,8-9,13H2,1H3. The Labute approximate surface area is 212 Å². The van der Waals surface area contributed by atoms with Crippen LogP contribution in [0, 0.1) is 0 Å². The molecule has 1 aliphatic heterocycles. The van der Waals surface area contributed by atoms with Crippen LogP contribution in [0.1, 0.15) is 37.9 Å². The average molecular weight is 518 g/mol. The molecule has 0 radical (unpaired) electrons. The third-order valence-corrected chi connectivity index (χ3v) is 8.75. The zero-order valence-corrected chi connectivity index (χ0v) is 20.7. The lowest BCUT2D eigenvalue weighted by molar-refractivity contribution is -0.199. The van der Waals surface area contributed by atoms with Gasteiger partial charge >= 0.3 is 11.9 Å². The Bertz CT molecular complexity index is 1720. The summed E-state index contributed by atoms with van der Waals surface area (Å²) in [5.41, 5.74) is 0.789. The van der Waals surface area contributed by atoms with Crippen molar-refractivity contribution in [2.24, 2.45) is 0 Å². The van der Waals surface area contributed by atoms with E-state index in [1.165, 1.54) is 29.6 Å². The topological polar surface area (TPSA) is 90.0 Å². The van der Waals surface area contributed by atoms with Crippen LogP contribution in [0.25, 0.3) is 40.3 Å². The fourth-order valence-corrected chi connectivity index (χ4v) is 7.11. The SMILES string of the molecule is CC(OC(=O)CC(=O)ON1C(=O)CCC1=O)c1ccc2cc3c(cc2c1)sc1c2ccccc2sc31. The van der Waals surface area contributed by atoms with Crippen molar-refractivity contribution in [3.63, 3.8) is 0 Å². The number of hydrogen-bond acceptors (Lipinski definition) is 8. The highest BCUT2D eigenvalue weighted by Crippen LogP contribution is 2.45. The van der Waals surface area contributed by atoms with E-state index in [4.69, 9.17) is 9.57 Å². The third-order valence-electron chi connectivity index (χ3n) is 6.23. The van der Waals surface area contributed by atoms with E-state index in [1.807, 2.05) is 29.5 Å². The van der Waals surface area contributed by atoms with Gasteiger partial charge in [0.25, 0.3) is 11.8 Å². The quantitative estimate of drug-likeness (QED) is 0.161. The van der Waals surface area contributed by atoms with E-state index >= 15 is 0 Å². The molecule has 9 heteroatoms. The van der Waals surface area contributed by atoms with Crippen LogP contribution in [0.3, 0.4) is 0 Å². The fourth-order valence-electron chi connectivity index (χ4n) is 4.44. The van der Waals surface area contributed by atoms with Crippen LogP contribution in [0.4, 0.5) is 0 Å². The molecule has 0 aliphatic carbocycles. The van der Waals surface area contributed by atoms with Gasteiger partial charge in [0.2, 0.25) is 0 Å². The molecule has 6 rings (SSSR count). The molecule has 0 N–H and O–H groups in total. The summed E-state index contributed by atoms with van der Waals surface area (Å²) in [6.45, 7) is 1.73. The van der Waals surface area contributed by atoms with Crippen molar-refractivity contribution in [2.45, 2.75) is 32.3 Å². The number of nitrogens with zero attached hydrogens (tertiary/aromatic N) is 1. The monoisotopic (exact) mass is 517 g/mol. The van der Waals surface area contributed by atoms with Gasteiger partial charge in [-0.1, -0.05) is 30.3 Å². The van der Waals surface area contributed by atoms with Gasteiger partial charge in [0, 0.05) is 33.0 Å². The molecule has 1 unspecified atom stereocenters. The molecule has 36 heavy (non-hydrogen) atoms. The summed E-state index contributed by atoms with van der Waals surface area (Å²) in [6.07, 6.45) is -1.32. The molecule has 5 aromatic rings. The molecule has 1 aliphatic rings. The first-order valence-electron chi connectivity index (χ1n) is 11.4. The first-order valence-corrected chi connectivity index (χ1v) is 13.0. The lowest BCUT2D eigenvalue weighted by atomic mass is 10.0. The van der Waals surface area contributed by atoms with Crippen LogP contribution in [0.2, 0.25) is 0 Å². The van der Waals surface area contributed by atoms with E-state index < -0.39 is 36.3 Å². The summed E-state index contributed by atoms with van der Waals surface area (Å²) in [7, 11) is 0. The van der Waals surface area contributed by atoms with Gasteiger partial charge in [-0.2, -0.15) is 0 Å². The fraction of sp³-hybridized carbons (Fsp3) is 0.185. The number of fused-ring (bicyclic) bond motifs is 6. The molecule has 0 bridgehead atoms. The first-order chi connectivity index (χ1) is 17.4. The maximum absolute atomic E-state index is 12.3. The number of ether oxygens (including phenoxy) is 1. The second kappa shape index (κ2) is 8.69. The number of carbonyl (C=O) groups excluding carboxylic acids is 4. The smallest absolute Gasteiger partial charge is 0.344 e. The summed E-state index contributed by atoms with van der Waals surface area (Å²) in [5, 5.41) is 5.06. The molecule has 180 valence electrons. The van der Waals surface area contributed by atoms with Gasteiger partial charge in [0.1, 0.15) is 12.5 Å². The van der Waals surface area contributed by atoms with E-state index in [1.54, 1.807) is 18.3 Å².